The summed E-state index contributed by atoms with van der Waals surface area (Å²) in [7, 11) is 0. The highest BCUT2D eigenvalue weighted by atomic mass is 16.1. The average Bonchev–Trinajstić information content (AvgIpc) is 3.28. The monoisotopic (exact) mass is 427 g/mol. The van der Waals surface area contributed by atoms with Crippen LogP contribution in [0.4, 0.5) is 5.69 Å². The normalized spacial score (nSPS) is 13.9. The molecule has 7 nitrogen and oxygen atoms in total. The Hall–Kier alpha value is -3.74. The molecule has 1 aliphatic heterocycles. The second-order valence-electron chi connectivity index (χ2n) is 8.24. The maximum atomic E-state index is 13.0. The summed E-state index contributed by atoms with van der Waals surface area (Å²) in [5.41, 5.74) is 2.81. The van der Waals surface area contributed by atoms with Gasteiger partial charge in [0.25, 0.3) is 11.5 Å². The first-order chi connectivity index (χ1) is 15.7. The number of amides is 1. The summed E-state index contributed by atoms with van der Waals surface area (Å²) in [4.78, 5) is 30.7. The topological polar surface area (TPSA) is 81.8 Å². The SMILES string of the molecule is O=C(Nc1cccc(Cn2cccn2)c1)c1ccc2c(=O)n3c(nc2c1)CCCCCC3. The smallest absolute Gasteiger partial charge is 0.261 e. The van der Waals surface area contributed by atoms with Crippen molar-refractivity contribution in [2.24, 2.45) is 0 Å². The largest absolute Gasteiger partial charge is 0.322 e. The molecule has 0 fully saturated rings. The van der Waals surface area contributed by atoms with E-state index in [4.69, 9.17) is 4.98 Å². The number of rotatable bonds is 4. The van der Waals surface area contributed by atoms with Crippen molar-refractivity contribution in [2.75, 3.05) is 5.32 Å². The first kappa shape index (κ1) is 20.2. The first-order valence-electron chi connectivity index (χ1n) is 11.1. The quantitative estimate of drug-likeness (QED) is 0.534. The number of nitrogens with zero attached hydrogens (tertiary/aromatic N) is 4. The van der Waals surface area contributed by atoms with Crippen LogP contribution in [0.3, 0.4) is 0 Å². The van der Waals surface area contributed by atoms with Gasteiger partial charge in [0.1, 0.15) is 5.82 Å². The molecular weight excluding hydrogens is 402 g/mol. The molecule has 4 aromatic rings. The summed E-state index contributed by atoms with van der Waals surface area (Å²) in [5.74, 6) is 0.600. The number of carbonyl (C=O) groups excluding carboxylic acids is 1. The molecule has 162 valence electrons. The average molecular weight is 428 g/mol. The molecule has 1 aliphatic rings. The molecule has 0 saturated carbocycles. The Morgan fingerprint density at radius 1 is 1.03 bits per heavy atom. The van der Waals surface area contributed by atoms with Crippen LogP contribution in [0.1, 0.15) is 47.4 Å². The summed E-state index contributed by atoms with van der Waals surface area (Å²) in [6.45, 7) is 1.35. The Balaban J connectivity index is 1.40. The Labute approximate surface area is 185 Å². The number of aromatic nitrogens is 4. The number of anilines is 1. The van der Waals surface area contributed by atoms with Gasteiger partial charge in [-0.25, -0.2) is 4.98 Å². The van der Waals surface area contributed by atoms with E-state index < -0.39 is 0 Å². The predicted octanol–water partition coefficient (Wildman–Crippen LogP) is 4.01. The zero-order valence-electron chi connectivity index (χ0n) is 17.8. The molecule has 2 aromatic heterocycles. The minimum atomic E-state index is -0.225. The van der Waals surface area contributed by atoms with Crippen molar-refractivity contribution in [3.63, 3.8) is 0 Å². The molecule has 1 amide bonds. The summed E-state index contributed by atoms with van der Waals surface area (Å²) in [6.07, 6.45) is 8.78. The van der Waals surface area contributed by atoms with Gasteiger partial charge in [-0.15, -0.1) is 0 Å². The van der Waals surface area contributed by atoms with Gasteiger partial charge in [0.15, 0.2) is 0 Å². The van der Waals surface area contributed by atoms with Crippen molar-refractivity contribution >= 4 is 22.5 Å². The first-order valence-corrected chi connectivity index (χ1v) is 11.1. The summed E-state index contributed by atoms with van der Waals surface area (Å²) < 4.78 is 3.64. The third kappa shape index (κ3) is 4.19. The third-order valence-electron chi connectivity index (χ3n) is 5.92. The lowest BCUT2D eigenvalue weighted by Gasteiger charge is -2.16. The van der Waals surface area contributed by atoms with Crippen molar-refractivity contribution in [1.82, 2.24) is 19.3 Å². The second kappa shape index (κ2) is 8.78. The molecule has 0 saturated heterocycles. The Morgan fingerprint density at radius 3 is 2.81 bits per heavy atom. The molecule has 2 aromatic carbocycles. The molecule has 0 unspecified atom stereocenters. The lowest BCUT2D eigenvalue weighted by Crippen LogP contribution is -2.26. The van der Waals surface area contributed by atoms with E-state index in [0.29, 0.717) is 35.2 Å². The fourth-order valence-electron chi connectivity index (χ4n) is 4.27. The molecule has 32 heavy (non-hydrogen) atoms. The number of hydrogen-bond acceptors (Lipinski definition) is 4. The van der Waals surface area contributed by atoms with Crippen molar-refractivity contribution in [2.45, 2.75) is 45.2 Å². The van der Waals surface area contributed by atoms with Gasteiger partial charge in [0.05, 0.1) is 17.4 Å². The number of hydrogen-bond donors (Lipinski definition) is 1. The zero-order valence-corrected chi connectivity index (χ0v) is 17.8. The maximum Gasteiger partial charge on any atom is 0.261 e. The Kier molecular flexibility index (Phi) is 5.54. The van der Waals surface area contributed by atoms with Gasteiger partial charge in [-0.1, -0.05) is 25.0 Å². The highest BCUT2D eigenvalue weighted by Gasteiger charge is 2.15. The van der Waals surface area contributed by atoms with Crippen LogP contribution in [-0.2, 0) is 19.5 Å². The summed E-state index contributed by atoms with van der Waals surface area (Å²) in [6, 6.07) is 14.7. The van der Waals surface area contributed by atoms with E-state index in [1.807, 2.05) is 45.8 Å². The fraction of sp³-hybridized carbons (Fsp3) is 0.280. The molecule has 1 N–H and O–H groups in total. The predicted molar refractivity (Wildman–Crippen MR) is 124 cm³/mol. The van der Waals surface area contributed by atoms with E-state index in [1.54, 1.807) is 24.4 Å². The number of carbonyl (C=O) groups is 1. The lowest BCUT2D eigenvalue weighted by molar-refractivity contribution is 0.102. The van der Waals surface area contributed by atoms with E-state index in [-0.39, 0.29) is 11.5 Å². The maximum absolute atomic E-state index is 13.0. The number of benzene rings is 2. The van der Waals surface area contributed by atoms with Gasteiger partial charge in [0.2, 0.25) is 0 Å². The molecule has 3 heterocycles. The van der Waals surface area contributed by atoms with Crippen LogP contribution >= 0.6 is 0 Å². The molecule has 0 radical (unpaired) electrons. The highest BCUT2D eigenvalue weighted by Crippen LogP contribution is 2.18. The standard InChI is InChI=1S/C25H25N5O2/c31-24(27-20-8-5-7-18(15-20)17-29-13-6-12-26-29)19-10-11-21-22(16-19)28-23-9-3-1-2-4-14-30(23)25(21)32/h5-8,10-13,15-16H,1-4,9,14,17H2,(H,27,31). The van der Waals surface area contributed by atoms with Gasteiger partial charge in [0, 0.05) is 36.6 Å². The molecule has 0 bridgehead atoms. The van der Waals surface area contributed by atoms with Crippen LogP contribution in [0.15, 0.2) is 65.7 Å². The third-order valence-corrected chi connectivity index (χ3v) is 5.92. The Bertz CT molecular complexity index is 1320. The minimum Gasteiger partial charge on any atom is -0.322 e. The summed E-state index contributed by atoms with van der Waals surface area (Å²) in [5, 5.41) is 7.74. The molecule has 5 rings (SSSR count). The van der Waals surface area contributed by atoms with Gasteiger partial charge >= 0.3 is 0 Å². The van der Waals surface area contributed by atoms with E-state index in [9.17, 15) is 9.59 Å². The van der Waals surface area contributed by atoms with Crippen LogP contribution in [-0.4, -0.2) is 25.2 Å². The highest BCUT2D eigenvalue weighted by molar-refractivity contribution is 6.06. The number of nitrogens with one attached hydrogen (secondary N) is 1. The molecular formula is C25H25N5O2. The van der Waals surface area contributed by atoms with E-state index >= 15 is 0 Å². The van der Waals surface area contributed by atoms with E-state index in [0.717, 1.165) is 43.5 Å². The summed E-state index contributed by atoms with van der Waals surface area (Å²) >= 11 is 0. The van der Waals surface area contributed by atoms with Crippen LogP contribution < -0.4 is 10.9 Å². The van der Waals surface area contributed by atoms with E-state index in [2.05, 4.69) is 10.4 Å². The van der Waals surface area contributed by atoms with E-state index in [1.165, 1.54) is 0 Å². The van der Waals surface area contributed by atoms with Crippen LogP contribution in [0.25, 0.3) is 10.9 Å². The Morgan fingerprint density at radius 2 is 1.94 bits per heavy atom. The van der Waals surface area contributed by atoms with Crippen LogP contribution in [0.2, 0.25) is 0 Å². The van der Waals surface area contributed by atoms with Gasteiger partial charge in [-0.05, 0) is 54.8 Å². The van der Waals surface area contributed by atoms with Crippen molar-refractivity contribution < 1.29 is 4.79 Å². The number of aryl methyl sites for hydroxylation is 1. The lowest BCUT2D eigenvalue weighted by atomic mass is 10.1. The molecule has 0 aliphatic carbocycles. The van der Waals surface area contributed by atoms with Gasteiger partial charge in [-0.3, -0.25) is 18.8 Å². The number of fused-ring (bicyclic) bond motifs is 2. The van der Waals surface area contributed by atoms with Gasteiger partial charge < -0.3 is 5.32 Å². The second-order valence-corrected chi connectivity index (χ2v) is 8.24. The van der Waals surface area contributed by atoms with Crippen LogP contribution in [0.5, 0.6) is 0 Å². The molecule has 7 heteroatoms. The van der Waals surface area contributed by atoms with Gasteiger partial charge in [-0.2, -0.15) is 5.10 Å². The minimum absolute atomic E-state index is 0.00909. The van der Waals surface area contributed by atoms with Crippen molar-refractivity contribution in [3.05, 3.63) is 88.2 Å². The zero-order chi connectivity index (χ0) is 21.9. The van der Waals surface area contributed by atoms with Crippen molar-refractivity contribution in [1.29, 1.82) is 0 Å². The van der Waals surface area contributed by atoms with Crippen LogP contribution in [0, 0.1) is 0 Å². The van der Waals surface area contributed by atoms with Crippen molar-refractivity contribution in [3.8, 4) is 0 Å². The molecule has 0 spiro atoms. The molecule has 0 atom stereocenters. The fourth-order valence-corrected chi connectivity index (χ4v) is 4.27.